The van der Waals surface area contributed by atoms with Gasteiger partial charge in [-0.1, -0.05) is 0 Å². The number of ether oxygens (including phenoxy) is 1. The van der Waals surface area contributed by atoms with Crippen LogP contribution in [0.5, 0.6) is 0 Å². The lowest BCUT2D eigenvalue weighted by atomic mass is 10.2. The lowest BCUT2D eigenvalue weighted by molar-refractivity contribution is 0.0636. The number of hydrogen-bond acceptors (Lipinski definition) is 4. The molecule has 0 unspecified atom stereocenters. The number of carbonyl (C=O) groups excluding carboxylic acids is 1. The minimum atomic E-state index is -0.507. The van der Waals surface area contributed by atoms with Crippen molar-refractivity contribution < 1.29 is 9.53 Å². The number of hydrogen-bond donors (Lipinski definition) is 2. The van der Waals surface area contributed by atoms with Gasteiger partial charge < -0.3 is 15.0 Å². The SMILES string of the molecule is CC(C)(C)OC(=O)Nc1ccc(Nc2ccc(N3CCCC3)cc2)cc1. The Kier molecular flexibility index (Phi) is 5.35. The van der Waals surface area contributed by atoms with Gasteiger partial charge in [0.05, 0.1) is 0 Å². The van der Waals surface area contributed by atoms with Gasteiger partial charge in [-0.2, -0.15) is 0 Å². The zero-order valence-corrected chi connectivity index (χ0v) is 15.7. The molecule has 0 radical (unpaired) electrons. The summed E-state index contributed by atoms with van der Waals surface area (Å²) in [5.74, 6) is 0. The lowest BCUT2D eigenvalue weighted by Gasteiger charge is -2.19. The second kappa shape index (κ2) is 7.68. The molecule has 0 aliphatic carbocycles. The smallest absolute Gasteiger partial charge is 0.412 e. The van der Waals surface area contributed by atoms with Crippen LogP contribution in [0.1, 0.15) is 33.6 Å². The Morgan fingerprint density at radius 1 is 0.885 bits per heavy atom. The molecule has 2 aromatic rings. The summed E-state index contributed by atoms with van der Waals surface area (Å²) in [4.78, 5) is 14.2. The van der Waals surface area contributed by atoms with E-state index >= 15 is 0 Å². The summed E-state index contributed by atoms with van der Waals surface area (Å²) in [5, 5.41) is 6.11. The number of rotatable bonds is 4. The van der Waals surface area contributed by atoms with E-state index in [2.05, 4.69) is 39.8 Å². The topological polar surface area (TPSA) is 53.6 Å². The van der Waals surface area contributed by atoms with Crippen LogP contribution in [0.15, 0.2) is 48.5 Å². The Morgan fingerprint density at radius 2 is 1.38 bits per heavy atom. The van der Waals surface area contributed by atoms with Gasteiger partial charge in [-0.15, -0.1) is 0 Å². The molecule has 3 rings (SSSR count). The van der Waals surface area contributed by atoms with E-state index in [9.17, 15) is 4.79 Å². The highest BCUT2D eigenvalue weighted by Crippen LogP contribution is 2.24. The molecule has 1 saturated heterocycles. The molecule has 0 atom stereocenters. The van der Waals surface area contributed by atoms with Crippen LogP contribution in [-0.4, -0.2) is 24.8 Å². The number of carbonyl (C=O) groups is 1. The average Bonchev–Trinajstić information content (AvgIpc) is 3.10. The van der Waals surface area contributed by atoms with Gasteiger partial charge in [-0.05, 0) is 82.1 Å². The summed E-state index contributed by atoms with van der Waals surface area (Å²) in [6, 6.07) is 16.1. The summed E-state index contributed by atoms with van der Waals surface area (Å²) in [6.45, 7) is 7.83. The van der Waals surface area contributed by atoms with E-state index < -0.39 is 11.7 Å². The fourth-order valence-electron chi connectivity index (χ4n) is 2.96. The molecule has 0 aromatic heterocycles. The molecule has 138 valence electrons. The normalized spacial score (nSPS) is 14.2. The third-order valence-corrected chi connectivity index (χ3v) is 4.16. The Hall–Kier alpha value is -2.69. The summed E-state index contributed by atoms with van der Waals surface area (Å²) in [5.41, 5.74) is 3.49. The van der Waals surface area contributed by atoms with E-state index in [1.54, 1.807) is 0 Å². The van der Waals surface area contributed by atoms with E-state index in [4.69, 9.17) is 4.74 Å². The predicted molar refractivity (Wildman–Crippen MR) is 107 cm³/mol. The first-order valence-corrected chi connectivity index (χ1v) is 9.11. The molecule has 0 bridgehead atoms. The molecular formula is C21H27N3O2. The quantitative estimate of drug-likeness (QED) is 0.775. The van der Waals surface area contributed by atoms with Crippen LogP contribution in [0.25, 0.3) is 0 Å². The second-order valence-electron chi connectivity index (χ2n) is 7.57. The Bertz CT molecular complexity index is 727. The zero-order chi connectivity index (χ0) is 18.6. The van der Waals surface area contributed by atoms with Crippen molar-refractivity contribution >= 4 is 28.8 Å². The van der Waals surface area contributed by atoms with Gasteiger partial charge in [0, 0.05) is 35.8 Å². The van der Waals surface area contributed by atoms with E-state index in [-0.39, 0.29) is 0 Å². The van der Waals surface area contributed by atoms with Crippen molar-refractivity contribution in [3.05, 3.63) is 48.5 Å². The molecule has 0 spiro atoms. The molecule has 0 saturated carbocycles. The van der Waals surface area contributed by atoms with Crippen LogP contribution in [0.4, 0.5) is 27.5 Å². The molecular weight excluding hydrogens is 326 g/mol. The van der Waals surface area contributed by atoms with Crippen molar-refractivity contribution in [3.8, 4) is 0 Å². The first kappa shape index (κ1) is 18.1. The molecule has 1 fully saturated rings. The summed E-state index contributed by atoms with van der Waals surface area (Å²) in [7, 11) is 0. The number of anilines is 4. The van der Waals surface area contributed by atoms with Gasteiger partial charge in [0.2, 0.25) is 0 Å². The molecule has 5 heteroatoms. The van der Waals surface area contributed by atoms with E-state index in [0.29, 0.717) is 5.69 Å². The van der Waals surface area contributed by atoms with Crippen LogP contribution in [0.2, 0.25) is 0 Å². The molecule has 2 aromatic carbocycles. The number of amides is 1. The van der Waals surface area contributed by atoms with Crippen molar-refractivity contribution in [2.75, 3.05) is 28.6 Å². The summed E-state index contributed by atoms with van der Waals surface area (Å²) in [6.07, 6.45) is 2.11. The third-order valence-electron chi connectivity index (χ3n) is 4.16. The fourth-order valence-corrected chi connectivity index (χ4v) is 2.96. The van der Waals surface area contributed by atoms with Gasteiger partial charge in [-0.25, -0.2) is 4.79 Å². The predicted octanol–water partition coefficient (Wildman–Crippen LogP) is 5.38. The van der Waals surface area contributed by atoms with E-state index in [0.717, 1.165) is 24.5 Å². The Labute approximate surface area is 155 Å². The van der Waals surface area contributed by atoms with E-state index in [1.807, 2.05) is 45.0 Å². The third kappa shape index (κ3) is 5.15. The molecule has 1 aliphatic heterocycles. The maximum Gasteiger partial charge on any atom is 0.412 e. The van der Waals surface area contributed by atoms with Crippen molar-refractivity contribution in [2.45, 2.75) is 39.2 Å². The summed E-state index contributed by atoms with van der Waals surface area (Å²) < 4.78 is 5.25. The standard InChI is InChI=1S/C21H27N3O2/c1-21(2,3)26-20(25)23-18-8-6-16(7-9-18)22-17-10-12-19(13-11-17)24-14-4-5-15-24/h6-13,22H,4-5,14-15H2,1-3H3,(H,23,25). The molecule has 1 heterocycles. The lowest BCUT2D eigenvalue weighted by Crippen LogP contribution is -2.27. The molecule has 5 nitrogen and oxygen atoms in total. The van der Waals surface area contributed by atoms with Crippen LogP contribution in [0.3, 0.4) is 0 Å². The van der Waals surface area contributed by atoms with Crippen LogP contribution in [-0.2, 0) is 4.74 Å². The number of nitrogens with zero attached hydrogens (tertiary/aromatic N) is 1. The van der Waals surface area contributed by atoms with E-state index in [1.165, 1.54) is 18.5 Å². The maximum atomic E-state index is 11.8. The highest BCUT2D eigenvalue weighted by Gasteiger charge is 2.16. The van der Waals surface area contributed by atoms with Crippen LogP contribution in [0, 0.1) is 0 Å². The maximum absolute atomic E-state index is 11.8. The highest BCUT2D eigenvalue weighted by molar-refractivity contribution is 5.85. The van der Waals surface area contributed by atoms with Crippen molar-refractivity contribution in [3.63, 3.8) is 0 Å². The zero-order valence-electron chi connectivity index (χ0n) is 15.7. The van der Waals surface area contributed by atoms with Crippen molar-refractivity contribution in [2.24, 2.45) is 0 Å². The Morgan fingerprint density at radius 3 is 1.92 bits per heavy atom. The largest absolute Gasteiger partial charge is 0.444 e. The fraction of sp³-hybridized carbons (Fsp3) is 0.381. The van der Waals surface area contributed by atoms with Crippen LogP contribution < -0.4 is 15.5 Å². The molecule has 1 amide bonds. The highest BCUT2D eigenvalue weighted by atomic mass is 16.6. The summed E-state index contributed by atoms with van der Waals surface area (Å²) >= 11 is 0. The monoisotopic (exact) mass is 353 g/mol. The van der Waals surface area contributed by atoms with Gasteiger partial charge in [0.25, 0.3) is 0 Å². The van der Waals surface area contributed by atoms with Gasteiger partial charge in [0.15, 0.2) is 0 Å². The number of benzene rings is 2. The second-order valence-corrected chi connectivity index (χ2v) is 7.57. The van der Waals surface area contributed by atoms with Gasteiger partial charge in [0.1, 0.15) is 5.60 Å². The van der Waals surface area contributed by atoms with Gasteiger partial charge >= 0.3 is 6.09 Å². The van der Waals surface area contributed by atoms with Crippen LogP contribution >= 0.6 is 0 Å². The van der Waals surface area contributed by atoms with Crippen molar-refractivity contribution in [1.29, 1.82) is 0 Å². The molecule has 1 aliphatic rings. The minimum absolute atomic E-state index is 0.448. The minimum Gasteiger partial charge on any atom is -0.444 e. The first-order valence-electron chi connectivity index (χ1n) is 9.11. The Balaban J connectivity index is 1.56. The van der Waals surface area contributed by atoms with Crippen molar-refractivity contribution in [1.82, 2.24) is 0 Å². The first-order chi connectivity index (χ1) is 12.4. The molecule has 2 N–H and O–H groups in total. The number of nitrogens with one attached hydrogen (secondary N) is 2. The average molecular weight is 353 g/mol. The van der Waals surface area contributed by atoms with Gasteiger partial charge in [-0.3, -0.25) is 5.32 Å². The molecule has 26 heavy (non-hydrogen) atoms.